The van der Waals surface area contributed by atoms with E-state index in [4.69, 9.17) is 0 Å². The van der Waals surface area contributed by atoms with Gasteiger partial charge in [-0.15, -0.1) is 11.3 Å². The molecule has 0 aliphatic carbocycles. The van der Waals surface area contributed by atoms with Crippen molar-refractivity contribution in [1.82, 2.24) is 4.57 Å². The molecule has 0 unspecified atom stereocenters. The molecule has 0 saturated carbocycles. The number of carbonyl (C=O) groups excluding carboxylic acids is 2. The van der Waals surface area contributed by atoms with Gasteiger partial charge in [0.1, 0.15) is 5.82 Å². The van der Waals surface area contributed by atoms with Gasteiger partial charge in [0.25, 0.3) is 5.91 Å². The maximum absolute atomic E-state index is 13.2. The Kier molecular flexibility index (Phi) is 4.77. The topological polar surface area (TPSA) is 51.4 Å². The van der Waals surface area contributed by atoms with Crippen molar-refractivity contribution >= 4 is 23.0 Å². The summed E-state index contributed by atoms with van der Waals surface area (Å²) in [5.74, 6) is -1.11. The SMILES string of the molecule is O=C(Cn1ccsc1=NC(=O)c1cccc(F)c1)c1ccccc1. The van der Waals surface area contributed by atoms with Gasteiger partial charge in [0, 0.05) is 22.7 Å². The van der Waals surface area contributed by atoms with Gasteiger partial charge in [-0.2, -0.15) is 4.99 Å². The molecule has 1 amide bonds. The lowest BCUT2D eigenvalue weighted by molar-refractivity contribution is 0.0963. The maximum Gasteiger partial charge on any atom is 0.279 e. The van der Waals surface area contributed by atoms with Gasteiger partial charge in [-0.3, -0.25) is 9.59 Å². The second-order valence-corrected chi connectivity index (χ2v) is 5.90. The van der Waals surface area contributed by atoms with Crippen LogP contribution in [0.4, 0.5) is 4.39 Å². The number of ketones is 1. The van der Waals surface area contributed by atoms with Crippen molar-refractivity contribution in [1.29, 1.82) is 0 Å². The minimum atomic E-state index is -0.544. The van der Waals surface area contributed by atoms with Crippen molar-refractivity contribution in [3.8, 4) is 0 Å². The molecule has 1 aromatic heterocycles. The molecule has 4 nitrogen and oxygen atoms in total. The Morgan fingerprint density at radius 2 is 1.79 bits per heavy atom. The van der Waals surface area contributed by atoms with E-state index in [0.29, 0.717) is 10.4 Å². The number of amides is 1. The smallest absolute Gasteiger partial charge is 0.279 e. The van der Waals surface area contributed by atoms with Gasteiger partial charge in [-0.25, -0.2) is 4.39 Å². The third-order valence-corrected chi connectivity index (χ3v) is 4.13. The molecule has 0 saturated heterocycles. The number of aromatic nitrogens is 1. The molecule has 3 aromatic rings. The summed E-state index contributed by atoms with van der Waals surface area (Å²) in [4.78, 5) is 28.8. The first-order valence-corrected chi connectivity index (χ1v) is 8.08. The van der Waals surface area contributed by atoms with Crippen LogP contribution in [0.5, 0.6) is 0 Å². The number of thiazole rings is 1. The third kappa shape index (κ3) is 3.72. The Labute approximate surface area is 141 Å². The second kappa shape index (κ2) is 7.14. The van der Waals surface area contributed by atoms with Crippen LogP contribution in [0.15, 0.2) is 71.2 Å². The van der Waals surface area contributed by atoms with E-state index < -0.39 is 11.7 Å². The van der Waals surface area contributed by atoms with Crippen LogP contribution >= 0.6 is 11.3 Å². The normalized spacial score (nSPS) is 11.5. The molecule has 1 heterocycles. The highest BCUT2D eigenvalue weighted by Crippen LogP contribution is 2.06. The molecule has 2 aromatic carbocycles. The number of carbonyl (C=O) groups is 2. The number of hydrogen-bond acceptors (Lipinski definition) is 3. The highest BCUT2D eigenvalue weighted by molar-refractivity contribution is 7.07. The molecule has 0 atom stereocenters. The molecular weight excluding hydrogens is 327 g/mol. The predicted octanol–water partition coefficient (Wildman–Crippen LogP) is 3.31. The number of halogens is 1. The van der Waals surface area contributed by atoms with E-state index in [1.165, 1.54) is 29.5 Å². The van der Waals surface area contributed by atoms with Crippen LogP contribution in [-0.2, 0) is 6.54 Å². The number of rotatable bonds is 4. The average Bonchev–Trinajstić information content (AvgIpc) is 3.02. The van der Waals surface area contributed by atoms with Crippen molar-refractivity contribution in [2.75, 3.05) is 0 Å². The highest BCUT2D eigenvalue weighted by atomic mass is 32.1. The Hall–Kier alpha value is -2.86. The van der Waals surface area contributed by atoms with Gasteiger partial charge in [0.05, 0.1) is 6.54 Å². The average molecular weight is 340 g/mol. The first-order chi connectivity index (χ1) is 11.6. The van der Waals surface area contributed by atoms with Crippen LogP contribution in [-0.4, -0.2) is 16.3 Å². The zero-order chi connectivity index (χ0) is 16.9. The van der Waals surface area contributed by atoms with Crippen LogP contribution in [0, 0.1) is 5.82 Å². The monoisotopic (exact) mass is 340 g/mol. The number of Topliss-reactive ketones (excluding diaryl/α,β-unsaturated/α-hetero) is 1. The van der Waals surface area contributed by atoms with E-state index in [2.05, 4.69) is 4.99 Å². The van der Waals surface area contributed by atoms with E-state index in [1.54, 1.807) is 40.4 Å². The van der Waals surface area contributed by atoms with Gasteiger partial charge in [-0.1, -0.05) is 36.4 Å². The first kappa shape index (κ1) is 16.0. The number of benzene rings is 2. The Morgan fingerprint density at radius 3 is 2.54 bits per heavy atom. The molecule has 6 heteroatoms. The fourth-order valence-electron chi connectivity index (χ4n) is 2.15. The third-order valence-electron chi connectivity index (χ3n) is 3.34. The summed E-state index contributed by atoms with van der Waals surface area (Å²) in [6, 6.07) is 14.3. The molecule has 0 bridgehead atoms. The molecule has 0 spiro atoms. The van der Waals surface area contributed by atoms with Crippen LogP contribution in [0.2, 0.25) is 0 Å². The van der Waals surface area contributed by atoms with Crippen molar-refractivity contribution < 1.29 is 14.0 Å². The lowest BCUT2D eigenvalue weighted by atomic mass is 10.1. The highest BCUT2D eigenvalue weighted by Gasteiger charge is 2.09. The van der Waals surface area contributed by atoms with E-state index in [9.17, 15) is 14.0 Å². The lowest BCUT2D eigenvalue weighted by Gasteiger charge is -2.02. The van der Waals surface area contributed by atoms with Gasteiger partial charge in [0.2, 0.25) is 0 Å². The van der Waals surface area contributed by atoms with Gasteiger partial charge < -0.3 is 4.57 Å². The van der Waals surface area contributed by atoms with E-state index in [1.807, 2.05) is 6.07 Å². The standard InChI is InChI=1S/C18H13FN2O2S/c19-15-8-4-7-14(11-15)17(23)20-18-21(9-10-24-18)12-16(22)13-5-2-1-3-6-13/h1-11H,12H2. The zero-order valence-corrected chi connectivity index (χ0v) is 13.4. The van der Waals surface area contributed by atoms with Gasteiger partial charge in [-0.05, 0) is 18.2 Å². The van der Waals surface area contributed by atoms with Crippen LogP contribution in [0.1, 0.15) is 20.7 Å². The number of hydrogen-bond donors (Lipinski definition) is 0. The molecule has 0 fully saturated rings. The maximum atomic E-state index is 13.2. The van der Waals surface area contributed by atoms with Gasteiger partial charge >= 0.3 is 0 Å². The molecule has 0 aliphatic rings. The molecule has 120 valence electrons. The van der Waals surface area contributed by atoms with Crippen molar-refractivity contribution in [2.24, 2.45) is 4.99 Å². The van der Waals surface area contributed by atoms with Crippen molar-refractivity contribution in [3.63, 3.8) is 0 Å². The Balaban J connectivity index is 1.85. The van der Waals surface area contributed by atoms with Crippen LogP contribution in [0.3, 0.4) is 0 Å². The van der Waals surface area contributed by atoms with Gasteiger partial charge in [0.15, 0.2) is 10.6 Å². The Bertz CT molecular complexity index is 945. The fourth-order valence-corrected chi connectivity index (χ4v) is 2.88. The molecular formula is C18H13FN2O2S. The largest absolute Gasteiger partial charge is 0.316 e. The zero-order valence-electron chi connectivity index (χ0n) is 12.6. The molecule has 3 rings (SSSR count). The summed E-state index contributed by atoms with van der Waals surface area (Å²) in [5, 5.41) is 1.75. The minimum Gasteiger partial charge on any atom is -0.316 e. The summed E-state index contributed by atoms with van der Waals surface area (Å²) in [6.45, 7) is 0.0861. The second-order valence-electron chi connectivity index (χ2n) is 5.03. The molecule has 24 heavy (non-hydrogen) atoms. The van der Waals surface area contributed by atoms with E-state index in [0.717, 1.165) is 6.07 Å². The quantitative estimate of drug-likeness (QED) is 0.684. The summed E-state index contributed by atoms with van der Waals surface area (Å²) < 4.78 is 14.8. The molecule has 0 radical (unpaired) electrons. The summed E-state index contributed by atoms with van der Waals surface area (Å²) in [6.07, 6.45) is 1.70. The van der Waals surface area contributed by atoms with E-state index >= 15 is 0 Å². The predicted molar refractivity (Wildman–Crippen MR) is 89.4 cm³/mol. The molecule has 0 N–H and O–H groups in total. The van der Waals surface area contributed by atoms with Crippen LogP contribution < -0.4 is 4.80 Å². The molecule has 0 aliphatic heterocycles. The van der Waals surface area contributed by atoms with Crippen LogP contribution in [0.25, 0.3) is 0 Å². The minimum absolute atomic E-state index is 0.0753. The Morgan fingerprint density at radius 1 is 1.04 bits per heavy atom. The van der Waals surface area contributed by atoms with Crippen molar-refractivity contribution in [3.05, 3.63) is 87.9 Å². The van der Waals surface area contributed by atoms with E-state index in [-0.39, 0.29) is 17.9 Å². The summed E-state index contributed by atoms with van der Waals surface area (Å²) in [5.41, 5.74) is 0.767. The number of nitrogens with zero attached hydrogens (tertiary/aromatic N) is 2. The lowest BCUT2D eigenvalue weighted by Crippen LogP contribution is -2.21. The first-order valence-electron chi connectivity index (χ1n) is 7.20. The fraction of sp³-hybridized carbons (Fsp3) is 0.0556. The summed E-state index contributed by atoms with van der Waals surface area (Å²) in [7, 11) is 0. The van der Waals surface area contributed by atoms with Crippen molar-refractivity contribution in [2.45, 2.75) is 6.54 Å². The summed E-state index contributed by atoms with van der Waals surface area (Å²) >= 11 is 1.24.